The maximum absolute atomic E-state index is 13.5. The van der Waals surface area contributed by atoms with Crippen LogP contribution in [0.15, 0.2) is 48.5 Å². The van der Waals surface area contributed by atoms with E-state index >= 15 is 0 Å². The van der Waals surface area contributed by atoms with Crippen molar-refractivity contribution in [3.63, 3.8) is 0 Å². The van der Waals surface area contributed by atoms with Crippen molar-refractivity contribution in [3.8, 4) is 0 Å². The van der Waals surface area contributed by atoms with Crippen LogP contribution in [-0.2, 0) is 12.7 Å². The molecular formula is C23H25F3N4O. The zero-order valence-electron chi connectivity index (χ0n) is 17.6. The number of amides is 1. The average Bonchev–Trinajstić information content (AvgIpc) is 3.13. The van der Waals surface area contributed by atoms with E-state index in [2.05, 4.69) is 4.98 Å². The van der Waals surface area contributed by atoms with Crippen molar-refractivity contribution in [1.29, 1.82) is 0 Å². The van der Waals surface area contributed by atoms with Crippen molar-refractivity contribution in [2.75, 3.05) is 32.1 Å². The first kappa shape index (κ1) is 21.2. The van der Waals surface area contributed by atoms with E-state index in [1.165, 1.54) is 4.57 Å². The van der Waals surface area contributed by atoms with Crippen molar-refractivity contribution in [2.45, 2.75) is 25.6 Å². The number of carbonyl (C=O) groups is 1. The minimum absolute atomic E-state index is 0.0359. The van der Waals surface area contributed by atoms with Crippen LogP contribution in [0, 0.1) is 5.92 Å². The Kier molecular flexibility index (Phi) is 5.64. The second-order valence-corrected chi connectivity index (χ2v) is 8.21. The summed E-state index contributed by atoms with van der Waals surface area (Å²) < 4.78 is 41.9. The van der Waals surface area contributed by atoms with Gasteiger partial charge in [0.1, 0.15) is 0 Å². The second-order valence-electron chi connectivity index (χ2n) is 8.21. The number of hydrogen-bond acceptors (Lipinski definition) is 3. The van der Waals surface area contributed by atoms with Gasteiger partial charge in [-0.1, -0.05) is 18.2 Å². The number of rotatable bonds is 4. The van der Waals surface area contributed by atoms with Crippen LogP contribution in [0.5, 0.6) is 0 Å². The van der Waals surface area contributed by atoms with Gasteiger partial charge in [0.2, 0.25) is 5.82 Å². The molecule has 1 aliphatic rings. The standard InChI is InChI=1S/C23H25F3N4O/c1-28(2)18-7-5-6-17(14-18)21(31)29-12-10-16(11-13-29)15-30-20-9-4-3-8-19(20)27-22(30)23(24,25)26/h3-9,14,16H,10-13,15H2,1-2H3. The summed E-state index contributed by atoms with van der Waals surface area (Å²) in [6, 6.07) is 14.2. The Bertz CT molecular complexity index is 1080. The van der Waals surface area contributed by atoms with Crippen molar-refractivity contribution >= 4 is 22.6 Å². The molecule has 31 heavy (non-hydrogen) atoms. The first-order valence-electron chi connectivity index (χ1n) is 10.3. The Morgan fingerprint density at radius 1 is 1.10 bits per heavy atom. The minimum atomic E-state index is -4.51. The van der Waals surface area contributed by atoms with Gasteiger partial charge in [0.15, 0.2) is 0 Å². The molecule has 4 rings (SSSR count). The summed E-state index contributed by atoms with van der Waals surface area (Å²) in [5, 5.41) is 0. The Morgan fingerprint density at radius 3 is 2.48 bits per heavy atom. The van der Waals surface area contributed by atoms with Crippen LogP contribution in [0.1, 0.15) is 29.0 Å². The lowest BCUT2D eigenvalue weighted by atomic mass is 9.96. The molecule has 0 unspecified atom stereocenters. The lowest BCUT2D eigenvalue weighted by molar-refractivity contribution is -0.147. The zero-order valence-corrected chi connectivity index (χ0v) is 17.6. The topological polar surface area (TPSA) is 41.4 Å². The molecule has 1 fully saturated rings. The molecule has 0 N–H and O–H groups in total. The van der Waals surface area contributed by atoms with Crippen molar-refractivity contribution < 1.29 is 18.0 Å². The maximum Gasteiger partial charge on any atom is 0.449 e. The zero-order chi connectivity index (χ0) is 22.2. The van der Waals surface area contributed by atoms with Crippen LogP contribution in [-0.4, -0.2) is 47.5 Å². The molecule has 1 saturated heterocycles. The summed E-state index contributed by atoms with van der Waals surface area (Å²) in [5.74, 6) is -0.838. The van der Waals surface area contributed by atoms with Crippen LogP contribution < -0.4 is 4.90 Å². The van der Waals surface area contributed by atoms with E-state index < -0.39 is 12.0 Å². The molecule has 8 heteroatoms. The number of anilines is 1. The van der Waals surface area contributed by atoms with E-state index in [0.717, 1.165) is 5.69 Å². The van der Waals surface area contributed by atoms with Crippen LogP contribution in [0.4, 0.5) is 18.9 Å². The first-order chi connectivity index (χ1) is 14.7. The molecule has 0 atom stereocenters. The number of carbonyl (C=O) groups excluding carboxylic acids is 1. The number of imidazole rings is 1. The highest BCUT2D eigenvalue weighted by Crippen LogP contribution is 2.33. The second kappa shape index (κ2) is 8.24. The highest BCUT2D eigenvalue weighted by molar-refractivity contribution is 5.95. The van der Waals surface area contributed by atoms with Gasteiger partial charge in [-0.15, -0.1) is 0 Å². The summed E-state index contributed by atoms with van der Waals surface area (Å²) in [5.41, 5.74) is 2.43. The Balaban J connectivity index is 1.47. The number of aromatic nitrogens is 2. The van der Waals surface area contributed by atoms with Gasteiger partial charge in [0.05, 0.1) is 11.0 Å². The fraction of sp³-hybridized carbons (Fsp3) is 0.391. The predicted octanol–water partition coefficient (Wildman–Crippen LogP) is 4.67. The molecule has 5 nitrogen and oxygen atoms in total. The monoisotopic (exact) mass is 430 g/mol. The van der Waals surface area contributed by atoms with Gasteiger partial charge in [-0.3, -0.25) is 4.79 Å². The van der Waals surface area contributed by atoms with E-state index in [4.69, 9.17) is 0 Å². The predicted molar refractivity (Wildman–Crippen MR) is 114 cm³/mol. The molecule has 2 aromatic carbocycles. The maximum atomic E-state index is 13.5. The van der Waals surface area contributed by atoms with Crippen molar-refractivity contribution in [1.82, 2.24) is 14.5 Å². The van der Waals surface area contributed by atoms with Gasteiger partial charge in [0.25, 0.3) is 5.91 Å². The lowest BCUT2D eigenvalue weighted by Crippen LogP contribution is -2.39. The number of nitrogens with zero attached hydrogens (tertiary/aromatic N) is 4. The summed E-state index contributed by atoms with van der Waals surface area (Å²) in [6.45, 7) is 1.31. The highest BCUT2D eigenvalue weighted by Gasteiger charge is 2.38. The minimum Gasteiger partial charge on any atom is -0.378 e. The van der Waals surface area contributed by atoms with E-state index in [1.54, 1.807) is 35.2 Å². The van der Waals surface area contributed by atoms with Gasteiger partial charge in [-0.05, 0) is 49.1 Å². The largest absolute Gasteiger partial charge is 0.449 e. The molecule has 0 aliphatic carbocycles. The van der Waals surface area contributed by atoms with Gasteiger partial charge >= 0.3 is 6.18 Å². The number of para-hydroxylation sites is 2. The molecule has 164 valence electrons. The Morgan fingerprint density at radius 2 is 1.81 bits per heavy atom. The molecule has 2 heterocycles. The molecule has 0 bridgehead atoms. The van der Waals surface area contributed by atoms with Gasteiger partial charge in [0, 0.05) is 45.0 Å². The Hall–Kier alpha value is -3.03. The third kappa shape index (κ3) is 4.38. The van der Waals surface area contributed by atoms with Crippen LogP contribution >= 0.6 is 0 Å². The van der Waals surface area contributed by atoms with Gasteiger partial charge in [-0.2, -0.15) is 13.2 Å². The van der Waals surface area contributed by atoms with Crippen LogP contribution in [0.3, 0.4) is 0 Å². The van der Waals surface area contributed by atoms with Crippen molar-refractivity contribution in [2.24, 2.45) is 5.92 Å². The van der Waals surface area contributed by atoms with E-state index in [-0.39, 0.29) is 18.4 Å². The molecule has 1 aliphatic heterocycles. The number of alkyl halides is 3. The molecule has 0 saturated carbocycles. The fourth-order valence-corrected chi connectivity index (χ4v) is 4.15. The molecule has 3 aromatic rings. The summed E-state index contributed by atoms with van der Waals surface area (Å²) in [6.07, 6.45) is -3.20. The summed E-state index contributed by atoms with van der Waals surface area (Å²) in [4.78, 5) is 20.5. The number of benzene rings is 2. The lowest BCUT2D eigenvalue weighted by Gasteiger charge is -2.32. The molecule has 1 amide bonds. The number of fused-ring (bicyclic) bond motifs is 1. The normalized spacial score (nSPS) is 15.5. The average molecular weight is 430 g/mol. The quantitative estimate of drug-likeness (QED) is 0.604. The van der Waals surface area contributed by atoms with Gasteiger partial charge in [-0.25, -0.2) is 4.98 Å². The number of hydrogen-bond donors (Lipinski definition) is 0. The number of halogens is 3. The van der Waals surface area contributed by atoms with E-state index in [1.807, 2.05) is 37.2 Å². The van der Waals surface area contributed by atoms with Crippen molar-refractivity contribution in [3.05, 3.63) is 59.9 Å². The van der Waals surface area contributed by atoms with Crippen LogP contribution in [0.25, 0.3) is 11.0 Å². The molecule has 0 spiro atoms. The van der Waals surface area contributed by atoms with E-state index in [9.17, 15) is 18.0 Å². The van der Waals surface area contributed by atoms with E-state index in [0.29, 0.717) is 42.5 Å². The first-order valence-corrected chi connectivity index (χ1v) is 10.3. The summed E-state index contributed by atoms with van der Waals surface area (Å²) in [7, 11) is 3.84. The molecule has 1 aromatic heterocycles. The molecular weight excluding hydrogens is 405 g/mol. The number of piperidine rings is 1. The van der Waals surface area contributed by atoms with Gasteiger partial charge < -0.3 is 14.4 Å². The highest BCUT2D eigenvalue weighted by atomic mass is 19.4. The van der Waals surface area contributed by atoms with Crippen LogP contribution in [0.2, 0.25) is 0 Å². The summed E-state index contributed by atoms with van der Waals surface area (Å²) >= 11 is 0. The molecule has 0 radical (unpaired) electrons. The Labute approximate surface area is 179 Å². The SMILES string of the molecule is CN(C)c1cccc(C(=O)N2CCC(Cn3c(C(F)(F)F)nc4ccccc43)CC2)c1. The smallest absolute Gasteiger partial charge is 0.378 e. The fourth-order valence-electron chi connectivity index (χ4n) is 4.15. The third-order valence-electron chi connectivity index (χ3n) is 5.86. The number of likely N-dealkylation sites (tertiary alicyclic amines) is 1. The third-order valence-corrected chi connectivity index (χ3v) is 5.86.